The van der Waals surface area contributed by atoms with Gasteiger partial charge in [0.05, 0.1) is 18.1 Å². The van der Waals surface area contributed by atoms with Gasteiger partial charge in [0.15, 0.2) is 8.32 Å². The van der Waals surface area contributed by atoms with Crippen molar-refractivity contribution in [1.82, 2.24) is 9.80 Å². The molecule has 4 rings (SSSR count). The van der Waals surface area contributed by atoms with Crippen LogP contribution in [-0.2, 0) is 20.6 Å². The van der Waals surface area contributed by atoms with E-state index in [-0.39, 0.29) is 29.3 Å². The molecule has 1 spiro atoms. The number of carbonyl (C=O) groups excluding carboxylic acids is 2. The van der Waals surface area contributed by atoms with Crippen molar-refractivity contribution in [1.29, 1.82) is 0 Å². The van der Waals surface area contributed by atoms with E-state index >= 15 is 0 Å². The lowest BCUT2D eigenvalue weighted by molar-refractivity contribution is -0.149. The highest BCUT2D eigenvalue weighted by Gasteiger charge is 2.55. The molecule has 0 radical (unpaired) electrons. The van der Waals surface area contributed by atoms with Crippen LogP contribution in [0, 0.1) is 12.3 Å². The number of halogens is 2. The van der Waals surface area contributed by atoms with Gasteiger partial charge in [-0.25, -0.2) is 0 Å². The van der Waals surface area contributed by atoms with Crippen LogP contribution in [-0.4, -0.2) is 49.6 Å². The van der Waals surface area contributed by atoms with Crippen LogP contribution in [0.1, 0.15) is 62.8 Å². The van der Waals surface area contributed by atoms with Gasteiger partial charge in [-0.15, -0.1) is 0 Å². The molecule has 206 valence electrons. The molecule has 2 fully saturated rings. The number of likely N-dealkylation sites (tertiary alicyclic amines) is 2. The summed E-state index contributed by atoms with van der Waals surface area (Å²) >= 11 is 12.5. The Hall–Kier alpha value is -1.86. The van der Waals surface area contributed by atoms with Crippen LogP contribution in [0.2, 0.25) is 28.2 Å². The summed E-state index contributed by atoms with van der Waals surface area (Å²) in [6, 6.07) is 13.4. The summed E-state index contributed by atoms with van der Waals surface area (Å²) < 4.78 is 6.45. The number of hydrogen-bond acceptors (Lipinski definition) is 3. The van der Waals surface area contributed by atoms with Crippen LogP contribution in [0.5, 0.6) is 0 Å². The van der Waals surface area contributed by atoms with E-state index in [1.165, 1.54) is 0 Å². The van der Waals surface area contributed by atoms with Crippen molar-refractivity contribution in [3.63, 3.8) is 0 Å². The molecule has 0 saturated carbocycles. The maximum Gasteiger partial charge on any atom is 0.230 e. The second-order valence-electron chi connectivity index (χ2n) is 12.4. The van der Waals surface area contributed by atoms with Crippen LogP contribution in [0.15, 0.2) is 42.5 Å². The number of carbonyl (C=O) groups is 2. The Balaban J connectivity index is 1.53. The first kappa shape index (κ1) is 29.1. The van der Waals surface area contributed by atoms with E-state index in [0.29, 0.717) is 49.1 Å². The molecule has 2 atom stereocenters. The highest BCUT2D eigenvalue weighted by Crippen LogP contribution is 2.50. The Kier molecular flexibility index (Phi) is 8.40. The summed E-state index contributed by atoms with van der Waals surface area (Å²) in [6.07, 6.45) is 1.51. The average molecular weight is 576 g/mol. The molecule has 2 aliphatic rings. The molecule has 0 unspecified atom stereocenters. The van der Waals surface area contributed by atoms with Crippen LogP contribution in [0.3, 0.4) is 0 Å². The number of piperidine rings is 1. The van der Waals surface area contributed by atoms with E-state index in [1.54, 1.807) is 0 Å². The maximum absolute atomic E-state index is 14.1. The summed E-state index contributed by atoms with van der Waals surface area (Å²) in [5, 5.41) is 1.47. The SMILES string of the molecule is Cc1c(Cl)cccc1CN1CC[C@@]2(CC1=O)C[C@H](c1ccc(Cl)cc1)N(CCO[Si](C)(C)C(C)(C)C)C2=O. The van der Waals surface area contributed by atoms with E-state index in [2.05, 4.69) is 33.9 Å². The molecular weight excluding hydrogens is 535 g/mol. The third-order valence-corrected chi connectivity index (χ3v) is 14.2. The first-order chi connectivity index (χ1) is 17.7. The first-order valence-corrected chi connectivity index (χ1v) is 17.1. The van der Waals surface area contributed by atoms with Gasteiger partial charge in [0.2, 0.25) is 11.8 Å². The zero-order valence-electron chi connectivity index (χ0n) is 23.4. The van der Waals surface area contributed by atoms with Gasteiger partial charge in [0.1, 0.15) is 0 Å². The van der Waals surface area contributed by atoms with E-state index in [0.717, 1.165) is 16.7 Å². The predicted octanol–water partition coefficient (Wildman–Crippen LogP) is 7.41. The van der Waals surface area contributed by atoms with Crippen molar-refractivity contribution >= 4 is 43.3 Å². The number of hydrogen-bond donors (Lipinski definition) is 0. The molecule has 5 nitrogen and oxygen atoms in total. The van der Waals surface area contributed by atoms with Crippen molar-refractivity contribution in [2.24, 2.45) is 5.41 Å². The molecule has 0 bridgehead atoms. The number of nitrogens with zero attached hydrogens (tertiary/aromatic N) is 2. The Morgan fingerprint density at radius 2 is 1.76 bits per heavy atom. The Morgan fingerprint density at radius 3 is 2.39 bits per heavy atom. The Labute approximate surface area is 238 Å². The van der Waals surface area contributed by atoms with Crippen molar-refractivity contribution < 1.29 is 14.0 Å². The number of amides is 2. The second kappa shape index (κ2) is 11.0. The smallest absolute Gasteiger partial charge is 0.230 e. The molecule has 2 aliphatic heterocycles. The standard InChI is InChI=1S/C30H40Cl2N2O3Si/c1-21-23(8-7-9-25(21)32)20-33-15-14-30(19-27(33)35)18-26(22-10-12-24(31)13-11-22)34(28(30)36)16-17-37-38(5,6)29(2,3)4/h7-13,26H,14-20H2,1-6H3/t26-,30+/m1/s1. The Bertz CT molecular complexity index is 1190. The number of rotatable bonds is 7. The minimum absolute atomic E-state index is 0.0261. The van der Waals surface area contributed by atoms with Crippen molar-refractivity contribution in [3.8, 4) is 0 Å². The third kappa shape index (κ3) is 5.84. The molecule has 38 heavy (non-hydrogen) atoms. The maximum atomic E-state index is 14.1. The quantitative estimate of drug-likeness (QED) is 0.323. The largest absolute Gasteiger partial charge is 0.415 e. The molecule has 0 aromatic heterocycles. The lowest BCUT2D eigenvalue weighted by Crippen LogP contribution is -2.48. The summed E-state index contributed by atoms with van der Waals surface area (Å²) in [6.45, 7) is 15.2. The van der Waals surface area contributed by atoms with Crippen molar-refractivity contribution in [2.75, 3.05) is 19.7 Å². The first-order valence-electron chi connectivity index (χ1n) is 13.5. The van der Waals surface area contributed by atoms with Gasteiger partial charge in [-0.3, -0.25) is 9.59 Å². The lowest BCUT2D eigenvalue weighted by atomic mass is 9.75. The topological polar surface area (TPSA) is 49.9 Å². The van der Waals surface area contributed by atoms with Crippen LogP contribution in [0.25, 0.3) is 0 Å². The fourth-order valence-corrected chi connectivity index (χ4v) is 6.74. The van der Waals surface area contributed by atoms with Gasteiger partial charge in [-0.1, -0.05) is 68.2 Å². The minimum atomic E-state index is -1.95. The zero-order valence-corrected chi connectivity index (χ0v) is 26.0. The van der Waals surface area contributed by atoms with Crippen LogP contribution < -0.4 is 0 Å². The summed E-state index contributed by atoms with van der Waals surface area (Å²) in [7, 11) is -1.95. The average Bonchev–Trinajstić information content (AvgIpc) is 3.09. The monoisotopic (exact) mass is 574 g/mol. The zero-order chi connectivity index (χ0) is 27.9. The van der Waals surface area contributed by atoms with Crippen LogP contribution in [0.4, 0.5) is 0 Å². The normalized spacial score (nSPS) is 22.6. The van der Waals surface area contributed by atoms with Gasteiger partial charge in [0, 0.05) is 36.1 Å². The van der Waals surface area contributed by atoms with E-state index < -0.39 is 13.7 Å². The van der Waals surface area contributed by atoms with E-state index in [1.807, 2.05) is 59.2 Å². The van der Waals surface area contributed by atoms with Gasteiger partial charge in [-0.05, 0) is 72.8 Å². The summed E-state index contributed by atoms with van der Waals surface area (Å²) in [5.74, 6) is 0.0985. The highest BCUT2D eigenvalue weighted by molar-refractivity contribution is 6.74. The van der Waals surface area contributed by atoms with Gasteiger partial charge in [-0.2, -0.15) is 0 Å². The Morgan fingerprint density at radius 1 is 1.08 bits per heavy atom. The summed E-state index contributed by atoms with van der Waals surface area (Å²) in [5.41, 5.74) is 2.41. The summed E-state index contributed by atoms with van der Waals surface area (Å²) in [4.78, 5) is 31.3. The minimum Gasteiger partial charge on any atom is -0.415 e. The molecule has 2 aromatic rings. The molecule has 2 saturated heterocycles. The number of benzene rings is 2. The molecule has 0 aliphatic carbocycles. The molecule has 2 aromatic carbocycles. The van der Waals surface area contributed by atoms with Crippen molar-refractivity contribution in [2.45, 2.75) is 77.7 Å². The van der Waals surface area contributed by atoms with E-state index in [4.69, 9.17) is 27.6 Å². The lowest BCUT2D eigenvalue weighted by Gasteiger charge is -2.38. The molecule has 2 amide bonds. The van der Waals surface area contributed by atoms with E-state index in [9.17, 15) is 9.59 Å². The predicted molar refractivity (Wildman–Crippen MR) is 157 cm³/mol. The van der Waals surface area contributed by atoms with Gasteiger partial charge in [0.25, 0.3) is 0 Å². The molecule has 2 heterocycles. The highest BCUT2D eigenvalue weighted by atomic mass is 35.5. The fourth-order valence-electron chi connectivity index (χ4n) is 5.39. The van der Waals surface area contributed by atoms with Gasteiger partial charge >= 0.3 is 0 Å². The second-order valence-corrected chi connectivity index (χ2v) is 18.1. The molecule has 8 heteroatoms. The fraction of sp³-hybridized carbons (Fsp3) is 0.533. The molecular formula is C30H40Cl2N2O3Si. The van der Waals surface area contributed by atoms with Crippen LogP contribution >= 0.6 is 23.2 Å². The molecule has 0 N–H and O–H groups in total. The van der Waals surface area contributed by atoms with Gasteiger partial charge < -0.3 is 14.2 Å². The van der Waals surface area contributed by atoms with Crippen molar-refractivity contribution in [3.05, 3.63) is 69.2 Å². The third-order valence-electron chi connectivity index (χ3n) is 8.97.